The van der Waals surface area contributed by atoms with Gasteiger partial charge in [-0.25, -0.2) is 4.39 Å². The van der Waals surface area contributed by atoms with Crippen LogP contribution >= 0.6 is 0 Å². The van der Waals surface area contributed by atoms with Crippen molar-refractivity contribution in [2.75, 3.05) is 32.8 Å². The number of amides is 1. The fourth-order valence-corrected chi connectivity index (χ4v) is 2.40. The summed E-state index contributed by atoms with van der Waals surface area (Å²) in [4.78, 5) is 13.3. The minimum Gasteiger partial charge on any atom is -0.374 e. The van der Waals surface area contributed by atoms with Crippen LogP contribution in [0.5, 0.6) is 0 Å². The number of hydrogen-bond donors (Lipinski definition) is 2. The van der Waals surface area contributed by atoms with Gasteiger partial charge < -0.3 is 15.8 Å². The van der Waals surface area contributed by atoms with Gasteiger partial charge in [-0.3, -0.25) is 9.69 Å². The third kappa shape index (κ3) is 4.49. The number of carbonyl (C=O) groups excluding carboxylic acids is 1. The normalized spacial score (nSPS) is 19.6. The molecule has 0 aromatic heterocycles. The maximum Gasteiger partial charge on any atom is 0.248 e. The number of nitrogens with zero attached hydrogens (tertiary/aromatic N) is 1. The van der Waals surface area contributed by atoms with E-state index in [-0.39, 0.29) is 11.7 Å². The summed E-state index contributed by atoms with van der Waals surface area (Å²) in [7, 11) is 0. The second-order valence-corrected chi connectivity index (χ2v) is 5.19. The number of rotatable bonds is 6. The summed E-state index contributed by atoms with van der Waals surface area (Å²) in [6, 6.07) is 4.30. The standard InChI is InChI=1S/C15H22FN3O2/c1-2-19-5-6-21-13(10-19)9-18-8-12-4-3-11(15(17)20)7-14(12)16/h3-4,7,13,18H,2,5-6,8-10H2,1H3,(H2,17,20). The van der Waals surface area contributed by atoms with Crippen molar-refractivity contribution in [3.8, 4) is 0 Å². The van der Waals surface area contributed by atoms with Gasteiger partial charge in [0.1, 0.15) is 5.82 Å². The number of morpholine rings is 1. The average molecular weight is 295 g/mol. The Morgan fingerprint density at radius 1 is 1.57 bits per heavy atom. The second-order valence-electron chi connectivity index (χ2n) is 5.19. The van der Waals surface area contributed by atoms with Gasteiger partial charge in [0, 0.05) is 37.3 Å². The lowest BCUT2D eigenvalue weighted by molar-refractivity contribution is -0.0254. The van der Waals surface area contributed by atoms with E-state index >= 15 is 0 Å². The maximum atomic E-state index is 13.8. The fourth-order valence-electron chi connectivity index (χ4n) is 2.40. The van der Waals surface area contributed by atoms with Gasteiger partial charge in [-0.2, -0.15) is 0 Å². The first-order valence-electron chi connectivity index (χ1n) is 7.23. The van der Waals surface area contributed by atoms with Crippen LogP contribution in [0.2, 0.25) is 0 Å². The first-order valence-corrected chi connectivity index (χ1v) is 7.23. The van der Waals surface area contributed by atoms with Crippen molar-refractivity contribution < 1.29 is 13.9 Å². The van der Waals surface area contributed by atoms with Crippen LogP contribution in [-0.2, 0) is 11.3 Å². The van der Waals surface area contributed by atoms with Crippen molar-refractivity contribution in [3.05, 3.63) is 35.1 Å². The van der Waals surface area contributed by atoms with Gasteiger partial charge in [-0.05, 0) is 18.7 Å². The van der Waals surface area contributed by atoms with Crippen LogP contribution in [-0.4, -0.2) is 49.7 Å². The third-order valence-electron chi connectivity index (χ3n) is 3.70. The molecule has 1 atom stereocenters. The van der Waals surface area contributed by atoms with Crippen LogP contribution in [0.3, 0.4) is 0 Å². The van der Waals surface area contributed by atoms with Crippen molar-refractivity contribution in [2.45, 2.75) is 19.6 Å². The lowest BCUT2D eigenvalue weighted by Crippen LogP contribution is -2.46. The molecule has 1 amide bonds. The molecule has 0 bridgehead atoms. The Morgan fingerprint density at radius 3 is 3.05 bits per heavy atom. The molecule has 0 radical (unpaired) electrons. The molecular weight excluding hydrogens is 273 g/mol. The predicted molar refractivity (Wildman–Crippen MR) is 78.5 cm³/mol. The molecule has 1 aliphatic rings. The molecule has 2 rings (SSSR count). The van der Waals surface area contributed by atoms with Gasteiger partial charge in [-0.15, -0.1) is 0 Å². The fraction of sp³-hybridized carbons (Fsp3) is 0.533. The summed E-state index contributed by atoms with van der Waals surface area (Å²) in [6.07, 6.45) is 0.131. The van der Waals surface area contributed by atoms with Crippen LogP contribution < -0.4 is 11.1 Å². The van der Waals surface area contributed by atoms with Crippen LogP contribution in [0.1, 0.15) is 22.8 Å². The average Bonchev–Trinajstić information content (AvgIpc) is 2.49. The Bertz CT molecular complexity index is 496. The Balaban J connectivity index is 1.82. The molecule has 21 heavy (non-hydrogen) atoms. The molecule has 6 heteroatoms. The van der Waals surface area contributed by atoms with Crippen LogP contribution in [0.25, 0.3) is 0 Å². The largest absolute Gasteiger partial charge is 0.374 e. The number of likely N-dealkylation sites (N-methyl/N-ethyl adjacent to an activating group) is 1. The minimum absolute atomic E-state index is 0.131. The van der Waals surface area contributed by atoms with Crippen molar-refractivity contribution in [1.82, 2.24) is 10.2 Å². The molecule has 0 aliphatic carbocycles. The minimum atomic E-state index is -0.622. The quantitative estimate of drug-likeness (QED) is 0.812. The number of nitrogens with one attached hydrogen (secondary N) is 1. The maximum absolute atomic E-state index is 13.8. The summed E-state index contributed by atoms with van der Waals surface area (Å²) >= 11 is 0. The number of nitrogens with two attached hydrogens (primary N) is 1. The van der Waals surface area contributed by atoms with E-state index in [0.717, 1.165) is 26.2 Å². The zero-order valence-electron chi connectivity index (χ0n) is 12.3. The summed E-state index contributed by atoms with van der Waals surface area (Å²) < 4.78 is 19.5. The Hall–Kier alpha value is -1.50. The summed E-state index contributed by atoms with van der Waals surface area (Å²) in [6.45, 7) is 6.82. The summed E-state index contributed by atoms with van der Waals surface area (Å²) in [5.41, 5.74) is 5.82. The molecule has 5 nitrogen and oxygen atoms in total. The van der Waals surface area contributed by atoms with E-state index in [9.17, 15) is 9.18 Å². The number of hydrogen-bond acceptors (Lipinski definition) is 4. The molecule has 116 valence electrons. The first-order chi connectivity index (χ1) is 10.1. The smallest absolute Gasteiger partial charge is 0.248 e. The highest BCUT2D eigenvalue weighted by Crippen LogP contribution is 2.10. The molecule has 1 fully saturated rings. The van der Waals surface area contributed by atoms with E-state index in [0.29, 0.717) is 18.7 Å². The second kappa shape index (κ2) is 7.49. The van der Waals surface area contributed by atoms with Gasteiger partial charge in [0.2, 0.25) is 5.91 Å². The van der Waals surface area contributed by atoms with Crippen molar-refractivity contribution in [3.63, 3.8) is 0 Å². The molecule has 0 saturated carbocycles. The number of ether oxygens (including phenoxy) is 1. The van der Waals surface area contributed by atoms with Gasteiger partial charge in [0.25, 0.3) is 0 Å². The van der Waals surface area contributed by atoms with Crippen LogP contribution in [0, 0.1) is 5.82 Å². The summed E-state index contributed by atoms with van der Waals surface area (Å²) in [5.74, 6) is -1.04. The van der Waals surface area contributed by atoms with E-state index in [1.165, 1.54) is 6.07 Å². The van der Waals surface area contributed by atoms with Crippen molar-refractivity contribution in [2.24, 2.45) is 5.73 Å². The molecule has 1 heterocycles. The monoisotopic (exact) mass is 295 g/mol. The predicted octanol–water partition coefficient (Wildman–Crippen LogP) is 0.735. The molecule has 3 N–H and O–H groups in total. The third-order valence-corrected chi connectivity index (χ3v) is 3.70. The molecule has 1 saturated heterocycles. The number of benzene rings is 1. The van der Waals surface area contributed by atoms with E-state index in [1.54, 1.807) is 12.1 Å². The van der Waals surface area contributed by atoms with E-state index < -0.39 is 11.7 Å². The number of carbonyl (C=O) groups is 1. The molecule has 1 aromatic rings. The topological polar surface area (TPSA) is 67.6 Å². The molecular formula is C15H22FN3O2. The lowest BCUT2D eigenvalue weighted by Gasteiger charge is -2.32. The van der Waals surface area contributed by atoms with Gasteiger partial charge in [-0.1, -0.05) is 13.0 Å². The number of halogens is 1. The molecule has 1 aromatic carbocycles. The van der Waals surface area contributed by atoms with E-state index in [2.05, 4.69) is 17.1 Å². The highest BCUT2D eigenvalue weighted by molar-refractivity contribution is 5.92. The number of primary amides is 1. The molecule has 1 unspecified atom stereocenters. The zero-order valence-corrected chi connectivity index (χ0v) is 12.3. The van der Waals surface area contributed by atoms with E-state index in [4.69, 9.17) is 10.5 Å². The van der Waals surface area contributed by atoms with Gasteiger partial charge in [0.15, 0.2) is 0 Å². The van der Waals surface area contributed by atoms with Crippen LogP contribution in [0.4, 0.5) is 4.39 Å². The highest BCUT2D eigenvalue weighted by Gasteiger charge is 2.18. The Labute approximate surface area is 124 Å². The summed E-state index contributed by atoms with van der Waals surface area (Å²) in [5, 5.41) is 3.20. The highest BCUT2D eigenvalue weighted by atomic mass is 19.1. The van der Waals surface area contributed by atoms with Gasteiger partial charge >= 0.3 is 0 Å². The van der Waals surface area contributed by atoms with E-state index in [1.807, 2.05) is 0 Å². The van der Waals surface area contributed by atoms with Crippen LogP contribution in [0.15, 0.2) is 18.2 Å². The first kappa shape index (κ1) is 15.9. The van der Waals surface area contributed by atoms with Crippen molar-refractivity contribution in [1.29, 1.82) is 0 Å². The Kier molecular flexibility index (Phi) is 5.67. The SMILES string of the molecule is CCN1CCOC(CNCc2ccc(C(N)=O)cc2F)C1. The van der Waals surface area contributed by atoms with Gasteiger partial charge in [0.05, 0.1) is 12.7 Å². The lowest BCUT2D eigenvalue weighted by atomic mass is 10.1. The zero-order chi connectivity index (χ0) is 15.2. The van der Waals surface area contributed by atoms with Crippen molar-refractivity contribution >= 4 is 5.91 Å². The molecule has 1 aliphatic heterocycles. The molecule has 0 spiro atoms. The Morgan fingerprint density at radius 2 is 2.38 bits per heavy atom.